The van der Waals surface area contributed by atoms with Gasteiger partial charge in [-0.3, -0.25) is 14.5 Å². The molecular weight excluding hydrogens is 497 g/mol. The number of anilines is 1. The van der Waals surface area contributed by atoms with Crippen molar-refractivity contribution in [2.45, 2.75) is 39.2 Å². The molecule has 1 aliphatic rings. The first-order valence-electron chi connectivity index (χ1n) is 11.4. The van der Waals surface area contributed by atoms with Crippen LogP contribution in [0.3, 0.4) is 0 Å². The summed E-state index contributed by atoms with van der Waals surface area (Å²) in [6, 6.07) is 16.7. The van der Waals surface area contributed by atoms with Gasteiger partial charge in [-0.2, -0.15) is 0 Å². The lowest BCUT2D eigenvalue weighted by molar-refractivity contribution is -0.132. The fourth-order valence-electron chi connectivity index (χ4n) is 4.44. The van der Waals surface area contributed by atoms with Gasteiger partial charge in [-0.1, -0.05) is 79.9 Å². The number of methoxy groups -OCH3 is 1. The van der Waals surface area contributed by atoms with E-state index < -0.39 is 17.7 Å². The van der Waals surface area contributed by atoms with Crippen molar-refractivity contribution in [3.8, 4) is 5.75 Å². The molecule has 0 aromatic heterocycles. The predicted octanol–water partition coefficient (Wildman–Crippen LogP) is 7.23. The molecule has 0 aliphatic carbocycles. The summed E-state index contributed by atoms with van der Waals surface area (Å²) in [7, 11) is 1.49. The number of amides is 1. The molecule has 0 radical (unpaired) electrons. The molecule has 7 heteroatoms. The highest BCUT2D eigenvalue weighted by molar-refractivity contribution is 6.52. The van der Waals surface area contributed by atoms with Crippen LogP contribution in [0.15, 0.2) is 66.2 Å². The Labute approximate surface area is 220 Å². The van der Waals surface area contributed by atoms with Crippen molar-refractivity contribution in [2.24, 2.45) is 0 Å². The van der Waals surface area contributed by atoms with E-state index in [2.05, 4.69) is 0 Å². The van der Waals surface area contributed by atoms with Gasteiger partial charge in [0.05, 0.1) is 24.3 Å². The molecule has 5 nitrogen and oxygen atoms in total. The summed E-state index contributed by atoms with van der Waals surface area (Å²) in [6.45, 7) is 8.06. The van der Waals surface area contributed by atoms with Gasteiger partial charge in [-0.05, 0) is 53.8 Å². The second-order valence-electron chi connectivity index (χ2n) is 9.88. The van der Waals surface area contributed by atoms with E-state index in [-0.39, 0.29) is 16.7 Å². The zero-order valence-electron chi connectivity index (χ0n) is 20.7. The minimum absolute atomic E-state index is 0.0361. The van der Waals surface area contributed by atoms with E-state index in [1.54, 1.807) is 30.3 Å². The third-order valence-corrected chi connectivity index (χ3v) is 6.68. The first kappa shape index (κ1) is 25.8. The van der Waals surface area contributed by atoms with Gasteiger partial charge in [0.25, 0.3) is 11.7 Å². The number of benzene rings is 3. The number of carbonyl (C=O) groups excluding carboxylic acids is 2. The second kappa shape index (κ2) is 9.64. The van der Waals surface area contributed by atoms with Gasteiger partial charge < -0.3 is 9.84 Å². The molecule has 3 aromatic rings. The van der Waals surface area contributed by atoms with Crippen LogP contribution in [0.1, 0.15) is 49.1 Å². The molecule has 0 spiro atoms. The molecule has 1 unspecified atom stereocenters. The van der Waals surface area contributed by atoms with Crippen molar-refractivity contribution in [1.29, 1.82) is 0 Å². The van der Waals surface area contributed by atoms with Crippen LogP contribution in [0.25, 0.3) is 5.76 Å². The monoisotopic (exact) mass is 523 g/mol. The minimum atomic E-state index is -0.901. The largest absolute Gasteiger partial charge is 0.507 e. The molecular formula is C29H27Cl2NO4. The summed E-state index contributed by atoms with van der Waals surface area (Å²) in [4.78, 5) is 28.3. The third-order valence-electron chi connectivity index (χ3n) is 6.25. The Bertz CT molecular complexity index is 1380. The number of ether oxygens (including phenoxy) is 1. The first-order valence-corrected chi connectivity index (χ1v) is 12.2. The molecule has 186 valence electrons. The topological polar surface area (TPSA) is 66.8 Å². The Hall–Kier alpha value is -3.28. The smallest absolute Gasteiger partial charge is 0.300 e. The van der Waals surface area contributed by atoms with E-state index in [1.165, 1.54) is 12.0 Å². The third kappa shape index (κ3) is 4.73. The number of halogens is 2. The van der Waals surface area contributed by atoms with Crippen LogP contribution >= 0.6 is 23.2 Å². The van der Waals surface area contributed by atoms with Gasteiger partial charge in [0.1, 0.15) is 11.5 Å². The van der Waals surface area contributed by atoms with Crippen molar-refractivity contribution in [2.75, 3.05) is 12.0 Å². The van der Waals surface area contributed by atoms with Crippen molar-refractivity contribution in [3.63, 3.8) is 0 Å². The van der Waals surface area contributed by atoms with Crippen LogP contribution in [0.2, 0.25) is 10.0 Å². The molecule has 1 fully saturated rings. The zero-order chi connectivity index (χ0) is 26.4. The Morgan fingerprint density at radius 1 is 0.972 bits per heavy atom. The Balaban J connectivity index is 2.02. The number of carbonyl (C=O) groups is 2. The van der Waals surface area contributed by atoms with Crippen LogP contribution < -0.4 is 9.64 Å². The molecule has 1 N–H and O–H groups in total. The maximum Gasteiger partial charge on any atom is 0.300 e. The van der Waals surface area contributed by atoms with Crippen molar-refractivity contribution < 1.29 is 19.4 Å². The zero-order valence-corrected chi connectivity index (χ0v) is 22.2. The van der Waals surface area contributed by atoms with Crippen molar-refractivity contribution in [1.82, 2.24) is 0 Å². The number of nitrogens with zero attached hydrogens (tertiary/aromatic N) is 1. The number of rotatable bonds is 4. The van der Waals surface area contributed by atoms with Gasteiger partial charge in [-0.15, -0.1) is 0 Å². The molecule has 3 aromatic carbocycles. The maximum absolute atomic E-state index is 13.5. The highest BCUT2D eigenvalue weighted by Gasteiger charge is 2.47. The Morgan fingerprint density at radius 2 is 1.64 bits per heavy atom. The lowest BCUT2D eigenvalue weighted by Gasteiger charge is -2.26. The van der Waals surface area contributed by atoms with E-state index in [0.29, 0.717) is 32.6 Å². The van der Waals surface area contributed by atoms with Gasteiger partial charge in [0.15, 0.2) is 0 Å². The highest BCUT2D eigenvalue weighted by Crippen LogP contribution is 2.45. The highest BCUT2D eigenvalue weighted by atomic mass is 35.5. The molecule has 1 saturated heterocycles. The summed E-state index contributed by atoms with van der Waals surface area (Å²) >= 11 is 12.5. The van der Waals surface area contributed by atoms with Crippen molar-refractivity contribution in [3.05, 3.63) is 98.5 Å². The number of Topliss-reactive ketones (excluding diaryl/α,β-unsaturated/α-hetero) is 1. The quantitative estimate of drug-likeness (QED) is 0.222. The number of aliphatic hydroxyl groups excluding tert-OH is 1. The summed E-state index contributed by atoms with van der Waals surface area (Å²) in [5.41, 5.74) is 2.98. The second-order valence-corrected chi connectivity index (χ2v) is 10.7. The molecule has 0 bridgehead atoms. The van der Waals surface area contributed by atoms with E-state index in [9.17, 15) is 14.7 Å². The summed E-state index contributed by atoms with van der Waals surface area (Å²) in [6.07, 6.45) is 0. The molecule has 4 rings (SSSR count). The van der Waals surface area contributed by atoms with Crippen LogP contribution in [0, 0.1) is 6.92 Å². The van der Waals surface area contributed by atoms with Gasteiger partial charge in [0.2, 0.25) is 0 Å². The number of hydrogen-bond acceptors (Lipinski definition) is 4. The van der Waals surface area contributed by atoms with Crippen LogP contribution in [0.4, 0.5) is 5.69 Å². The predicted molar refractivity (Wildman–Crippen MR) is 144 cm³/mol. The molecule has 1 heterocycles. The number of hydrogen-bond donors (Lipinski definition) is 1. The average molecular weight is 524 g/mol. The first-order chi connectivity index (χ1) is 16.9. The molecule has 0 saturated carbocycles. The molecule has 1 aliphatic heterocycles. The molecule has 1 atom stereocenters. The number of ketones is 1. The van der Waals surface area contributed by atoms with E-state index in [1.807, 2.05) is 58.0 Å². The van der Waals surface area contributed by atoms with Crippen LogP contribution in [-0.4, -0.2) is 23.9 Å². The van der Waals surface area contributed by atoms with E-state index in [0.717, 1.165) is 11.1 Å². The lowest BCUT2D eigenvalue weighted by Crippen LogP contribution is -2.29. The van der Waals surface area contributed by atoms with E-state index >= 15 is 0 Å². The van der Waals surface area contributed by atoms with Gasteiger partial charge in [-0.25, -0.2) is 0 Å². The standard InChI is InChI=1S/C29H27Cl2NO4/c1-16-7-6-8-17(11-16)25-24(26(33)22-12-18(29(2,3)4)9-10-23(22)36-5)27(34)28(35)32(25)21-14-19(30)13-20(31)15-21/h6-15,25,33H,1-5H3/b26-24+. The lowest BCUT2D eigenvalue weighted by atomic mass is 9.85. The fraction of sp³-hybridized carbons (Fsp3) is 0.241. The SMILES string of the molecule is COc1ccc(C(C)(C)C)cc1/C(O)=C1\C(=O)C(=O)N(c2cc(Cl)cc(Cl)c2)C1c1cccc(C)c1. The minimum Gasteiger partial charge on any atom is -0.507 e. The van der Waals surface area contributed by atoms with Crippen molar-refractivity contribution >= 4 is 46.3 Å². The van der Waals surface area contributed by atoms with Crippen LogP contribution in [0.5, 0.6) is 5.75 Å². The Morgan fingerprint density at radius 3 is 2.22 bits per heavy atom. The Kier molecular flexibility index (Phi) is 6.91. The number of aryl methyl sites for hydroxylation is 1. The average Bonchev–Trinajstić information content (AvgIpc) is 3.07. The molecule has 1 amide bonds. The number of aliphatic hydroxyl groups is 1. The fourth-order valence-corrected chi connectivity index (χ4v) is 4.95. The maximum atomic E-state index is 13.5. The van der Waals surface area contributed by atoms with Gasteiger partial charge >= 0.3 is 0 Å². The van der Waals surface area contributed by atoms with Gasteiger partial charge in [0, 0.05) is 15.7 Å². The van der Waals surface area contributed by atoms with Crippen LogP contribution in [-0.2, 0) is 15.0 Å². The summed E-state index contributed by atoms with van der Waals surface area (Å²) in [5.74, 6) is -1.51. The normalized spacial score (nSPS) is 17.5. The summed E-state index contributed by atoms with van der Waals surface area (Å²) in [5, 5.41) is 12.3. The molecule has 36 heavy (non-hydrogen) atoms. The summed E-state index contributed by atoms with van der Waals surface area (Å²) < 4.78 is 5.52. The van der Waals surface area contributed by atoms with E-state index in [4.69, 9.17) is 27.9 Å².